The highest BCUT2D eigenvalue weighted by Crippen LogP contribution is 2.43. The van der Waals surface area contributed by atoms with Gasteiger partial charge in [-0.15, -0.1) is 0 Å². The van der Waals surface area contributed by atoms with Gasteiger partial charge in [-0.05, 0) is 60.7 Å². The maximum Gasteiger partial charge on any atom is 0.194 e. The Balaban J connectivity index is 1.53. The number of anilines is 1. The molecule has 0 aliphatic carbocycles. The summed E-state index contributed by atoms with van der Waals surface area (Å²) >= 11 is 7.34. The van der Waals surface area contributed by atoms with E-state index in [4.69, 9.17) is 17.2 Å². The van der Waals surface area contributed by atoms with Gasteiger partial charge in [0.15, 0.2) is 10.2 Å². The van der Waals surface area contributed by atoms with E-state index in [1.807, 2.05) is 65.7 Å². The van der Waals surface area contributed by atoms with Crippen molar-refractivity contribution >= 4 is 44.6 Å². The van der Waals surface area contributed by atoms with Gasteiger partial charge < -0.3 is 10.2 Å². The van der Waals surface area contributed by atoms with E-state index in [1.165, 1.54) is 6.07 Å². The van der Waals surface area contributed by atoms with Gasteiger partial charge in [-0.25, -0.2) is 9.37 Å². The number of halogens is 1. The number of nitrogens with zero attached hydrogens (tertiary/aromatic N) is 4. The minimum atomic E-state index is -0.327. The molecular formula is C25H18FN5S2. The molecule has 4 heterocycles. The first-order valence-corrected chi connectivity index (χ1v) is 11.7. The molecule has 0 bridgehead atoms. The highest BCUT2D eigenvalue weighted by Gasteiger charge is 2.43. The fraction of sp³-hybridized carbons (Fsp3) is 0.0800. The molecule has 8 heteroatoms. The molecule has 162 valence electrons. The van der Waals surface area contributed by atoms with Crippen molar-refractivity contribution in [1.29, 1.82) is 0 Å². The summed E-state index contributed by atoms with van der Waals surface area (Å²) in [6.45, 7) is 0. The summed E-state index contributed by atoms with van der Waals surface area (Å²) in [5, 5.41) is 4.69. The molecule has 5 nitrogen and oxygen atoms in total. The van der Waals surface area contributed by atoms with Crippen LogP contribution >= 0.6 is 23.6 Å². The SMILES string of the molecule is Fc1ccccc1N1C(=S)N[C@@H](c2ccccn2)[C@H]1c1cccn1-c1nc2ccccc2s1. The number of fused-ring (bicyclic) bond motifs is 1. The predicted molar refractivity (Wildman–Crippen MR) is 133 cm³/mol. The van der Waals surface area contributed by atoms with Crippen LogP contribution in [0.1, 0.15) is 23.5 Å². The van der Waals surface area contributed by atoms with Crippen molar-refractivity contribution in [3.8, 4) is 5.13 Å². The summed E-state index contributed by atoms with van der Waals surface area (Å²) in [5.41, 5.74) is 3.15. The molecular weight excluding hydrogens is 453 g/mol. The average Bonchev–Trinajstić information content (AvgIpc) is 3.56. The van der Waals surface area contributed by atoms with Gasteiger partial charge in [0.25, 0.3) is 0 Å². The molecule has 1 saturated heterocycles. The summed E-state index contributed by atoms with van der Waals surface area (Å²) in [7, 11) is 0. The predicted octanol–water partition coefficient (Wildman–Crippen LogP) is 5.80. The summed E-state index contributed by atoms with van der Waals surface area (Å²) in [6, 6.07) is 24.0. The number of aromatic nitrogens is 3. The smallest absolute Gasteiger partial charge is 0.194 e. The Hall–Kier alpha value is -3.62. The lowest BCUT2D eigenvalue weighted by Crippen LogP contribution is -2.31. The van der Waals surface area contributed by atoms with Crippen LogP contribution in [-0.4, -0.2) is 19.6 Å². The third-order valence-corrected chi connectivity index (χ3v) is 7.13. The van der Waals surface area contributed by atoms with Crippen molar-refractivity contribution in [3.63, 3.8) is 0 Å². The Bertz CT molecular complexity index is 1430. The minimum absolute atomic E-state index is 0.263. The lowest BCUT2D eigenvalue weighted by atomic mass is 10.0. The first-order valence-electron chi connectivity index (χ1n) is 10.5. The maximum absolute atomic E-state index is 15.0. The number of hydrogen-bond donors (Lipinski definition) is 1. The fourth-order valence-corrected chi connectivity index (χ4v) is 5.64. The number of hydrogen-bond acceptors (Lipinski definition) is 4. The van der Waals surface area contributed by atoms with Gasteiger partial charge in [0.1, 0.15) is 11.9 Å². The van der Waals surface area contributed by atoms with Gasteiger partial charge in [0.05, 0.1) is 33.3 Å². The van der Waals surface area contributed by atoms with Crippen LogP contribution in [0.5, 0.6) is 0 Å². The van der Waals surface area contributed by atoms with Gasteiger partial charge in [0.2, 0.25) is 0 Å². The Morgan fingerprint density at radius 3 is 2.58 bits per heavy atom. The Kier molecular flexibility index (Phi) is 4.89. The molecule has 1 aliphatic rings. The van der Waals surface area contributed by atoms with Crippen molar-refractivity contribution in [2.75, 3.05) is 4.90 Å². The normalized spacial score (nSPS) is 18.1. The van der Waals surface area contributed by atoms with Crippen LogP contribution in [0.4, 0.5) is 10.1 Å². The zero-order valence-electron chi connectivity index (χ0n) is 17.3. The van der Waals surface area contributed by atoms with Crippen molar-refractivity contribution in [1.82, 2.24) is 19.9 Å². The third kappa shape index (κ3) is 3.39. The van der Waals surface area contributed by atoms with Gasteiger partial charge in [-0.1, -0.05) is 41.7 Å². The monoisotopic (exact) mass is 471 g/mol. The zero-order valence-corrected chi connectivity index (χ0v) is 18.9. The van der Waals surface area contributed by atoms with E-state index in [0.29, 0.717) is 10.8 Å². The van der Waals surface area contributed by atoms with E-state index in [0.717, 1.165) is 26.7 Å². The number of thiazole rings is 1. The topological polar surface area (TPSA) is 46.0 Å². The van der Waals surface area contributed by atoms with E-state index in [-0.39, 0.29) is 17.9 Å². The molecule has 1 N–H and O–H groups in total. The van der Waals surface area contributed by atoms with Crippen molar-refractivity contribution < 1.29 is 4.39 Å². The second kappa shape index (κ2) is 8.06. The Morgan fingerprint density at radius 1 is 0.939 bits per heavy atom. The van der Waals surface area contributed by atoms with Gasteiger partial charge in [0, 0.05) is 12.4 Å². The molecule has 0 spiro atoms. The molecule has 33 heavy (non-hydrogen) atoms. The fourth-order valence-electron chi connectivity index (χ4n) is 4.33. The molecule has 0 amide bonds. The zero-order chi connectivity index (χ0) is 22.4. The first kappa shape index (κ1) is 20.0. The minimum Gasteiger partial charge on any atom is -0.351 e. The standard InChI is InChI=1S/C25H18FN5S2/c26-16-8-1-3-11-19(16)31-23(22(29-24(31)32)18-10-5-6-14-27-18)20-12-7-15-30(20)25-28-17-9-2-4-13-21(17)33-25/h1-15,22-23H,(H,29,32)/t22-,23+/m0/s1. The van der Waals surface area contributed by atoms with E-state index in [1.54, 1.807) is 29.7 Å². The van der Waals surface area contributed by atoms with Crippen molar-refractivity contribution in [3.05, 3.63) is 108 Å². The largest absolute Gasteiger partial charge is 0.351 e. The number of nitrogens with one attached hydrogen (secondary N) is 1. The maximum atomic E-state index is 15.0. The van der Waals surface area contributed by atoms with Crippen molar-refractivity contribution in [2.45, 2.75) is 12.1 Å². The van der Waals surface area contributed by atoms with Crippen LogP contribution in [0, 0.1) is 5.82 Å². The van der Waals surface area contributed by atoms with Gasteiger partial charge in [-0.2, -0.15) is 0 Å². The van der Waals surface area contributed by atoms with Crippen LogP contribution in [-0.2, 0) is 0 Å². The lowest BCUT2D eigenvalue weighted by Gasteiger charge is -2.28. The van der Waals surface area contributed by atoms with E-state index >= 15 is 0 Å². The second-order valence-electron chi connectivity index (χ2n) is 7.72. The molecule has 5 aromatic rings. The lowest BCUT2D eigenvalue weighted by molar-refractivity contribution is 0.541. The summed E-state index contributed by atoms with van der Waals surface area (Å²) in [6.07, 6.45) is 3.75. The van der Waals surface area contributed by atoms with E-state index < -0.39 is 0 Å². The summed E-state index contributed by atoms with van der Waals surface area (Å²) in [4.78, 5) is 11.3. The number of para-hydroxylation sites is 2. The number of rotatable bonds is 4. The quantitative estimate of drug-likeness (QED) is 0.336. The Morgan fingerprint density at radius 2 is 1.76 bits per heavy atom. The van der Waals surface area contributed by atoms with Crippen LogP contribution in [0.25, 0.3) is 15.3 Å². The van der Waals surface area contributed by atoms with E-state index in [2.05, 4.69) is 20.9 Å². The highest BCUT2D eigenvalue weighted by molar-refractivity contribution is 7.80. The molecule has 1 aliphatic heterocycles. The molecule has 6 rings (SSSR count). The van der Waals surface area contributed by atoms with Crippen LogP contribution in [0.15, 0.2) is 91.3 Å². The molecule has 0 saturated carbocycles. The number of thiocarbonyl (C=S) groups is 1. The average molecular weight is 472 g/mol. The molecule has 2 aromatic carbocycles. The van der Waals surface area contributed by atoms with E-state index in [9.17, 15) is 4.39 Å². The Labute approximate surface area is 199 Å². The van der Waals surface area contributed by atoms with Crippen LogP contribution in [0.3, 0.4) is 0 Å². The second-order valence-corrected chi connectivity index (χ2v) is 9.11. The van der Waals surface area contributed by atoms with Gasteiger partial charge >= 0.3 is 0 Å². The first-order chi connectivity index (χ1) is 16.2. The number of benzene rings is 2. The van der Waals surface area contributed by atoms with Crippen molar-refractivity contribution in [2.24, 2.45) is 0 Å². The summed E-state index contributed by atoms with van der Waals surface area (Å²) < 4.78 is 18.1. The summed E-state index contributed by atoms with van der Waals surface area (Å²) in [5.74, 6) is -0.327. The third-order valence-electron chi connectivity index (χ3n) is 5.78. The van der Waals surface area contributed by atoms with Crippen LogP contribution < -0.4 is 10.2 Å². The molecule has 0 unspecified atom stereocenters. The molecule has 3 aromatic heterocycles. The van der Waals surface area contributed by atoms with Gasteiger partial charge in [-0.3, -0.25) is 9.55 Å². The van der Waals surface area contributed by atoms with Crippen LogP contribution in [0.2, 0.25) is 0 Å². The highest BCUT2D eigenvalue weighted by atomic mass is 32.1. The molecule has 0 radical (unpaired) electrons. The number of pyridine rings is 1. The molecule has 2 atom stereocenters. The molecule has 1 fully saturated rings.